The Labute approximate surface area is 150 Å². The van der Waals surface area contributed by atoms with Gasteiger partial charge in [-0.25, -0.2) is 0 Å². The fraction of sp³-hybridized carbons (Fsp3) is 0.842. The number of aryl methyl sites for hydroxylation is 1. The van der Waals surface area contributed by atoms with E-state index in [4.69, 9.17) is 0 Å². The van der Waals surface area contributed by atoms with Gasteiger partial charge in [-0.15, -0.1) is 10.2 Å². The Kier molecular flexibility index (Phi) is 5.06. The highest BCUT2D eigenvalue weighted by atomic mass is 16.2. The van der Waals surface area contributed by atoms with Crippen molar-refractivity contribution in [1.82, 2.24) is 25.0 Å². The van der Waals surface area contributed by atoms with Crippen molar-refractivity contribution in [2.24, 2.45) is 11.8 Å². The fourth-order valence-corrected chi connectivity index (χ4v) is 4.83. The molecule has 6 heteroatoms. The number of hydrogen-bond acceptors (Lipinski definition) is 4. The number of fused-ring (bicyclic) bond motifs is 1. The second-order valence-electron chi connectivity index (χ2n) is 8.20. The first-order valence-corrected chi connectivity index (χ1v) is 10.1. The minimum atomic E-state index is 0.337. The van der Waals surface area contributed by atoms with Gasteiger partial charge in [-0.05, 0) is 57.0 Å². The summed E-state index contributed by atoms with van der Waals surface area (Å²) >= 11 is 0. The third-order valence-corrected chi connectivity index (χ3v) is 6.41. The molecule has 3 atom stereocenters. The molecule has 1 amide bonds. The molecular formula is C19H31N5O. The first-order chi connectivity index (χ1) is 12.2. The van der Waals surface area contributed by atoms with Gasteiger partial charge in [0.25, 0.3) is 0 Å². The van der Waals surface area contributed by atoms with Crippen molar-refractivity contribution in [1.29, 1.82) is 0 Å². The lowest BCUT2D eigenvalue weighted by molar-refractivity contribution is -0.133. The van der Waals surface area contributed by atoms with Crippen molar-refractivity contribution >= 4 is 5.91 Å². The van der Waals surface area contributed by atoms with Crippen LogP contribution in [0.4, 0.5) is 0 Å². The maximum absolute atomic E-state index is 12.9. The van der Waals surface area contributed by atoms with Gasteiger partial charge in [0.2, 0.25) is 5.91 Å². The van der Waals surface area contributed by atoms with Gasteiger partial charge in [-0.2, -0.15) is 0 Å². The smallest absolute Gasteiger partial charge is 0.222 e. The standard InChI is InChI=1S/C19H31N5O/c1-14(15-5-2-8-20-12-15)11-18(25)23-9-3-6-16(13-23)19-22-21-17-7-4-10-24(17)19/h14-16,20H,2-13H2,1H3. The van der Waals surface area contributed by atoms with Gasteiger partial charge in [-0.3, -0.25) is 4.79 Å². The normalized spacial score (nSPS) is 28.0. The summed E-state index contributed by atoms with van der Waals surface area (Å²) in [5.74, 6) is 4.08. The molecule has 3 aliphatic rings. The first-order valence-electron chi connectivity index (χ1n) is 10.1. The van der Waals surface area contributed by atoms with Gasteiger partial charge < -0.3 is 14.8 Å². The molecule has 0 radical (unpaired) electrons. The monoisotopic (exact) mass is 345 g/mol. The number of carbonyl (C=O) groups excluding carboxylic acids is 1. The predicted molar refractivity (Wildman–Crippen MR) is 96.3 cm³/mol. The van der Waals surface area contributed by atoms with Crippen molar-refractivity contribution in [3.8, 4) is 0 Å². The van der Waals surface area contributed by atoms with E-state index < -0.39 is 0 Å². The number of piperidine rings is 2. The Morgan fingerprint density at radius 1 is 1.24 bits per heavy atom. The van der Waals surface area contributed by atoms with Crippen LogP contribution in [-0.4, -0.2) is 51.8 Å². The van der Waals surface area contributed by atoms with E-state index in [1.165, 1.54) is 19.3 Å². The molecule has 0 aromatic carbocycles. The summed E-state index contributed by atoms with van der Waals surface area (Å²) in [6.45, 7) is 7.24. The molecule has 6 nitrogen and oxygen atoms in total. The summed E-state index contributed by atoms with van der Waals surface area (Å²) in [6, 6.07) is 0. The van der Waals surface area contributed by atoms with E-state index in [1.807, 2.05) is 0 Å². The Morgan fingerprint density at radius 3 is 3.00 bits per heavy atom. The topological polar surface area (TPSA) is 63.1 Å². The third kappa shape index (κ3) is 3.59. The Balaban J connectivity index is 1.36. The summed E-state index contributed by atoms with van der Waals surface area (Å²) in [7, 11) is 0. The molecule has 2 fully saturated rings. The van der Waals surface area contributed by atoms with E-state index in [9.17, 15) is 4.79 Å². The molecule has 138 valence electrons. The Hall–Kier alpha value is -1.43. The number of nitrogens with one attached hydrogen (secondary N) is 1. The molecule has 0 spiro atoms. The number of amides is 1. The lowest BCUT2D eigenvalue weighted by Gasteiger charge is -2.34. The van der Waals surface area contributed by atoms with Crippen molar-refractivity contribution in [2.75, 3.05) is 26.2 Å². The number of aromatic nitrogens is 3. The lowest BCUT2D eigenvalue weighted by atomic mass is 9.85. The number of carbonyl (C=O) groups is 1. The average molecular weight is 345 g/mol. The van der Waals surface area contributed by atoms with Crippen LogP contribution < -0.4 is 5.32 Å². The van der Waals surface area contributed by atoms with Crippen LogP contribution in [0.1, 0.15) is 63.0 Å². The zero-order chi connectivity index (χ0) is 17.2. The van der Waals surface area contributed by atoms with Crippen LogP contribution in [0.2, 0.25) is 0 Å². The SMILES string of the molecule is CC(CC(=O)N1CCCC(c2nnc3n2CCC3)C1)C1CCCNC1. The molecule has 3 aliphatic heterocycles. The highest BCUT2D eigenvalue weighted by molar-refractivity contribution is 5.76. The van der Waals surface area contributed by atoms with Gasteiger partial charge in [0.1, 0.15) is 11.6 Å². The van der Waals surface area contributed by atoms with Crippen LogP contribution in [-0.2, 0) is 17.8 Å². The largest absolute Gasteiger partial charge is 0.342 e. The van der Waals surface area contributed by atoms with Gasteiger partial charge in [0.05, 0.1) is 0 Å². The molecule has 25 heavy (non-hydrogen) atoms. The van der Waals surface area contributed by atoms with Crippen molar-refractivity contribution in [2.45, 2.75) is 64.3 Å². The minimum Gasteiger partial charge on any atom is -0.342 e. The maximum atomic E-state index is 12.9. The van der Waals surface area contributed by atoms with Crippen LogP contribution in [0.5, 0.6) is 0 Å². The molecule has 1 aromatic heterocycles. The van der Waals surface area contributed by atoms with Gasteiger partial charge >= 0.3 is 0 Å². The first kappa shape index (κ1) is 17.0. The lowest BCUT2D eigenvalue weighted by Crippen LogP contribution is -2.41. The zero-order valence-electron chi connectivity index (χ0n) is 15.4. The molecule has 0 bridgehead atoms. The van der Waals surface area contributed by atoms with Gasteiger partial charge in [-0.1, -0.05) is 6.92 Å². The van der Waals surface area contributed by atoms with Crippen LogP contribution >= 0.6 is 0 Å². The second-order valence-corrected chi connectivity index (χ2v) is 8.20. The second kappa shape index (κ2) is 7.44. The Morgan fingerprint density at radius 2 is 2.16 bits per heavy atom. The van der Waals surface area contributed by atoms with E-state index in [1.54, 1.807) is 0 Å². The summed E-state index contributed by atoms with van der Waals surface area (Å²) in [5, 5.41) is 12.3. The van der Waals surface area contributed by atoms with Gasteiger partial charge in [0.15, 0.2) is 0 Å². The minimum absolute atomic E-state index is 0.337. The molecule has 1 N–H and O–H groups in total. The highest BCUT2D eigenvalue weighted by Crippen LogP contribution is 2.30. The van der Waals surface area contributed by atoms with Crippen molar-refractivity contribution < 1.29 is 4.79 Å². The number of rotatable bonds is 4. The average Bonchev–Trinajstić information content (AvgIpc) is 3.26. The molecule has 4 heterocycles. The van der Waals surface area contributed by atoms with Crippen LogP contribution in [0.25, 0.3) is 0 Å². The number of hydrogen-bond donors (Lipinski definition) is 1. The Bertz CT molecular complexity index is 607. The maximum Gasteiger partial charge on any atom is 0.222 e. The molecule has 4 rings (SSSR count). The molecule has 0 aliphatic carbocycles. The van der Waals surface area contributed by atoms with Gasteiger partial charge in [0, 0.05) is 38.4 Å². The highest BCUT2D eigenvalue weighted by Gasteiger charge is 2.31. The fourth-order valence-electron chi connectivity index (χ4n) is 4.83. The van der Waals surface area contributed by atoms with Crippen LogP contribution in [0.3, 0.4) is 0 Å². The van der Waals surface area contributed by atoms with Crippen LogP contribution in [0, 0.1) is 11.8 Å². The molecule has 1 aromatic rings. The quantitative estimate of drug-likeness (QED) is 0.906. The molecular weight excluding hydrogens is 314 g/mol. The van der Waals surface area contributed by atoms with Crippen molar-refractivity contribution in [3.05, 3.63) is 11.6 Å². The summed E-state index contributed by atoms with van der Waals surface area (Å²) in [5.41, 5.74) is 0. The molecule has 0 saturated carbocycles. The number of likely N-dealkylation sites (tertiary alicyclic amines) is 1. The van der Waals surface area contributed by atoms with E-state index in [0.29, 0.717) is 30.1 Å². The molecule has 3 unspecified atom stereocenters. The predicted octanol–water partition coefficient (Wildman–Crippen LogP) is 1.96. The van der Waals surface area contributed by atoms with Crippen LogP contribution in [0.15, 0.2) is 0 Å². The van der Waals surface area contributed by atoms with E-state index in [2.05, 4.69) is 31.9 Å². The van der Waals surface area contributed by atoms with E-state index >= 15 is 0 Å². The zero-order valence-corrected chi connectivity index (χ0v) is 15.4. The molecule has 2 saturated heterocycles. The van der Waals surface area contributed by atoms with E-state index in [0.717, 1.165) is 63.6 Å². The third-order valence-electron chi connectivity index (χ3n) is 6.41. The number of nitrogens with zero attached hydrogens (tertiary/aromatic N) is 4. The summed E-state index contributed by atoms with van der Waals surface area (Å²) in [4.78, 5) is 15.0. The van der Waals surface area contributed by atoms with E-state index in [-0.39, 0.29) is 0 Å². The van der Waals surface area contributed by atoms with Crippen molar-refractivity contribution in [3.63, 3.8) is 0 Å². The summed E-state index contributed by atoms with van der Waals surface area (Å²) < 4.78 is 2.30. The summed E-state index contributed by atoms with van der Waals surface area (Å²) in [6.07, 6.45) is 7.64.